The van der Waals surface area contributed by atoms with Crippen molar-refractivity contribution >= 4 is 46.6 Å². The summed E-state index contributed by atoms with van der Waals surface area (Å²) in [5, 5.41) is 4.81. The second-order valence-electron chi connectivity index (χ2n) is 9.08. The van der Waals surface area contributed by atoms with E-state index in [0.717, 1.165) is 33.2 Å². The van der Waals surface area contributed by atoms with Gasteiger partial charge in [0.1, 0.15) is 0 Å². The second kappa shape index (κ2) is 9.68. The first-order chi connectivity index (χ1) is 18.0. The van der Waals surface area contributed by atoms with Crippen LogP contribution in [0, 0.1) is 0 Å². The van der Waals surface area contributed by atoms with Gasteiger partial charge in [-0.15, -0.1) is 0 Å². The predicted octanol–water partition coefficient (Wildman–Crippen LogP) is 6.43. The van der Waals surface area contributed by atoms with E-state index < -0.39 is 0 Å². The highest BCUT2D eigenvalue weighted by molar-refractivity contribution is 7.99. The smallest absolute Gasteiger partial charge is 0.259 e. The quantitative estimate of drug-likeness (QED) is 0.296. The fourth-order valence-electron chi connectivity index (χ4n) is 4.79. The van der Waals surface area contributed by atoms with Gasteiger partial charge in [0, 0.05) is 45.6 Å². The lowest BCUT2D eigenvalue weighted by Crippen LogP contribution is -2.31. The zero-order chi connectivity index (χ0) is 25.5. The lowest BCUT2D eigenvalue weighted by molar-refractivity contribution is -0.117. The van der Waals surface area contributed by atoms with Crippen LogP contribution in [-0.2, 0) is 4.79 Å². The zero-order valence-corrected chi connectivity index (χ0v) is 21.6. The number of anilines is 2. The molecule has 0 aliphatic carbocycles. The predicted molar refractivity (Wildman–Crippen MR) is 143 cm³/mol. The number of aromatic nitrogens is 2. The van der Waals surface area contributed by atoms with Gasteiger partial charge < -0.3 is 14.3 Å². The van der Waals surface area contributed by atoms with Crippen molar-refractivity contribution in [3.05, 3.63) is 83.2 Å². The first-order valence-electron chi connectivity index (χ1n) is 12.1. The third-order valence-electron chi connectivity index (χ3n) is 6.57. The molecule has 186 valence electrons. The minimum atomic E-state index is -0.201. The number of fused-ring (bicyclic) bond motifs is 2. The fourth-order valence-corrected chi connectivity index (χ4v) is 6.10. The molecule has 37 heavy (non-hydrogen) atoms. The molecule has 0 saturated carbocycles. The molecular formula is C28H23ClN4O3S. The van der Waals surface area contributed by atoms with Crippen LogP contribution in [-0.4, -0.2) is 35.0 Å². The van der Waals surface area contributed by atoms with Crippen LogP contribution >= 0.6 is 23.4 Å². The lowest BCUT2D eigenvalue weighted by atomic mass is 10.1. The van der Waals surface area contributed by atoms with Crippen LogP contribution in [0.15, 0.2) is 81.0 Å². The summed E-state index contributed by atoms with van der Waals surface area (Å²) in [7, 11) is 0. The van der Waals surface area contributed by atoms with E-state index in [0.29, 0.717) is 41.8 Å². The van der Waals surface area contributed by atoms with E-state index in [1.807, 2.05) is 59.5 Å². The summed E-state index contributed by atoms with van der Waals surface area (Å²) in [5.74, 6) is 0.690. The van der Waals surface area contributed by atoms with Crippen molar-refractivity contribution in [2.45, 2.75) is 35.5 Å². The van der Waals surface area contributed by atoms with Gasteiger partial charge in [-0.2, -0.15) is 4.98 Å². The topological polar surface area (TPSA) is 79.5 Å². The van der Waals surface area contributed by atoms with Gasteiger partial charge in [-0.3, -0.25) is 9.59 Å². The molecule has 3 heterocycles. The molecular weight excluding hydrogens is 508 g/mol. The lowest BCUT2D eigenvalue weighted by Gasteiger charge is -2.22. The summed E-state index contributed by atoms with van der Waals surface area (Å²) < 4.78 is 5.62. The van der Waals surface area contributed by atoms with Crippen molar-refractivity contribution in [1.29, 1.82) is 0 Å². The van der Waals surface area contributed by atoms with E-state index in [1.54, 1.807) is 28.8 Å². The molecule has 0 unspecified atom stereocenters. The van der Waals surface area contributed by atoms with Gasteiger partial charge in [0.15, 0.2) is 0 Å². The average molecular weight is 531 g/mol. The highest BCUT2D eigenvalue weighted by atomic mass is 35.5. The second-order valence-corrected chi connectivity index (χ2v) is 10.6. The normalized spacial score (nSPS) is 17.1. The van der Waals surface area contributed by atoms with E-state index >= 15 is 0 Å². The van der Waals surface area contributed by atoms with E-state index in [2.05, 4.69) is 17.1 Å². The number of hydrogen-bond acceptors (Lipinski definition) is 6. The molecule has 1 fully saturated rings. The minimum Gasteiger partial charge on any atom is -0.339 e. The van der Waals surface area contributed by atoms with Crippen molar-refractivity contribution in [1.82, 2.24) is 10.1 Å². The average Bonchev–Trinajstić information content (AvgIpc) is 3.52. The van der Waals surface area contributed by atoms with Gasteiger partial charge in [0.05, 0.1) is 17.2 Å². The molecule has 7 nitrogen and oxygen atoms in total. The Bertz CT molecular complexity index is 1520. The van der Waals surface area contributed by atoms with Gasteiger partial charge in [-0.05, 0) is 55.0 Å². The molecule has 3 aromatic carbocycles. The molecule has 1 saturated heterocycles. The van der Waals surface area contributed by atoms with Crippen LogP contribution in [0.5, 0.6) is 0 Å². The third-order valence-corrected chi connectivity index (χ3v) is 7.93. The van der Waals surface area contributed by atoms with E-state index in [4.69, 9.17) is 16.1 Å². The largest absolute Gasteiger partial charge is 0.339 e. The number of carbonyl (C=O) groups is 2. The van der Waals surface area contributed by atoms with Crippen LogP contribution < -0.4 is 9.80 Å². The standard InChI is InChI=1S/C28H23ClN4O3S/c1-2-12-32-22-11-10-17(13-24(22)37-23-9-4-3-8-21(23)28(32)35)26-30-27(36-31-26)18-14-25(34)33(16-18)20-7-5-6-19(29)15-20/h3-11,13,15,18H,2,12,14,16H2,1H3/t18-/m1/s1. The molecule has 2 aliphatic rings. The van der Waals surface area contributed by atoms with Crippen LogP contribution in [0.1, 0.15) is 41.9 Å². The van der Waals surface area contributed by atoms with Crippen LogP contribution in [0.25, 0.3) is 11.4 Å². The van der Waals surface area contributed by atoms with Crippen LogP contribution in [0.2, 0.25) is 5.02 Å². The van der Waals surface area contributed by atoms with Gasteiger partial charge in [-0.1, -0.05) is 53.6 Å². The van der Waals surface area contributed by atoms with Gasteiger partial charge in [0.2, 0.25) is 17.6 Å². The van der Waals surface area contributed by atoms with E-state index in [9.17, 15) is 9.59 Å². The fraction of sp³-hybridized carbons (Fsp3) is 0.214. The highest BCUT2D eigenvalue weighted by Crippen LogP contribution is 2.43. The summed E-state index contributed by atoms with van der Waals surface area (Å²) in [6.07, 6.45) is 1.14. The molecule has 6 rings (SSSR count). The molecule has 1 aromatic heterocycles. The van der Waals surface area contributed by atoms with Crippen molar-refractivity contribution in [3.63, 3.8) is 0 Å². The third kappa shape index (κ3) is 4.40. The number of nitrogens with zero attached hydrogens (tertiary/aromatic N) is 4. The Hall–Kier alpha value is -3.62. The van der Waals surface area contributed by atoms with Gasteiger partial charge in [0.25, 0.3) is 5.91 Å². The molecule has 2 amide bonds. The Morgan fingerprint density at radius 2 is 1.92 bits per heavy atom. The molecule has 4 aromatic rings. The van der Waals surface area contributed by atoms with E-state index in [1.165, 1.54) is 0 Å². The maximum Gasteiger partial charge on any atom is 0.259 e. The highest BCUT2D eigenvalue weighted by Gasteiger charge is 2.35. The molecule has 0 radical (unpaired) electrons. The van der Waals surface area contributed by atoms with Gasteiger partial charge >= 0.3 is 0 Å². The van der Waals surface area contributed by atoms with Crippen molar-refractivity contribution < 1.29 is 14.1 Å². The Morgan fingerprint density at radius 1 is 1.05 bits per heavy atom. The maximum atomic E-state index is 13.3. The number of rotatable bonds is 5. The first kappa shape index (κ1) is 23.8. The molecule has 0 spiro atoms. The molecule has 1 atom stereocenters. The van der Waals surface area contributed by atoms with Crippen molar-refractivity contribution in [2.24, 2.45) is 0 Å². The maximum absolute atomic E-state index is 13.3. The number of halogens is 1. The molecule has 2 aliphatic heterocycles. The Balaban J connectivity index is 1.29. The van der Waals surface area contributed by atoms with Crippen molar-refractivity contribution in [3.8, 4) is 11.4 Å². The Morgan fingerprint density at radius 3 is 2.76 bits per heavy atom. The number of carbonyl (C=O) groups excluding carboxylic acids is 2. The molecule has 9 heteroatoms. The monoisotopic (exact) mass is 530 g/mol. The molecule has 0 bridgehead atoms. The SMILES string of the molecule is CCCN1C(=O)c2ccccc2Sc2cc(-c3noc([C@@H]4CC(=O)N(c5cccc(Cl)c5)C4)n3)ccc21. The van der Waals surface area contributed by atoms with Gasteiger partial charge in [-0.25, -0.2) is 0 Å². The summed E-state index contributed by atoms with van der Waals surface area (Å²) in [6.45, 7) is 3.14. The number of amides is 2. The minimum absolute atomic E-state index is 0.00667. The Labute approximate surface area is 223 Å². The number of hydrogen-bond donors (Lipinski definition) is 0. The molecule has 0 N–H and O–H groups in total. The van der Waals surface area contributed by atoms with Crippen LogP contribution in [0.3, 0.4) is 0 Å². The number of benzene rings is 3. The van der Waals surface area contributed by atoms with Crippen molar-refractivity contribution in [2.75, 3.05) is 22.9 Å². The summed E-state index contributed by atoms with van der Waals surface area (Å²) in [5.41, 5.74) is 3.13. The Kier molecular flexibility index (Phi) is 6.22. The van der Waals surface area contributed by atoms with E-state index in [-0.39, 0.29) is 17.7 Å². The summed E-state index contributed by atoms with van der Waals surface area (Å²) in [4.78, 5) is 36.1. The van der Waals surface area contributed by atoms with Crippen LogP contribution in [0.4, 0.5) is 11.4 Å². The summed E-state index contributed by atoms with van der Waals surface area (Å²) in [6, 6.07) is 20.8. The zero-order valence-electron chi connectivity index (χ0n) is 20.1. The first-order valence-corrected chi connectivity index (χ1v) is 13.3. The summed E-state index contributed by atoms with van der Waals surface area (Å²) >= 11 is 7.68.